The molecule has 0 amide bonds. The van der Waals surface area contributed by atoms with Crippen molar-refractivity contribution >= 4 is 5.71 Å². The maximum absolute atomic E-state index is 5.17. The molecule has 2 rings (SSSR count). The van der Waals surface area contributed by atoms with Crippen LogP contribution in [-0.4, -0.2) is 9.61 Å². The average Bonchev–Trinajstić information content (AvgIpc) is 2.35. The van der Waals surface area contributed by atoms with E-state index < -0.39 is 0 Å². The Hall–Kier alpha value is -1.25. The van der Waals surface area contributed by atoms with Crippen LogP contribution < -0.4 is 0 Å². The van der Waals surface area contributed by atoms with Crippen LogP contribution in [-0.2, 0) is 0 Å². The molecule has 0 radical (unpaired) electrons. The number of oxazole rings is 1. The van der Waals surface area contributed by atoms with E-state index in [2.05, 4.69) is 5.10 Å². The SMILES string of the molecule is Cc1cc2occ(C)n2n1. The van der Waals surface area contributed by atoms with Crippen molar-refractivity contribution < 1.29 is 4.42 Å². The zero-order chi connectivity index (χ0) is 7.14. The standard InChI is InChI=1S/C7H8N2O/c1-5-3-7-9(8-5)6(2)4-10-7/h3-4H,1-2H3. The van der Waals surface area contributed by atoms with Crippen molar-refractivity contribution in [2.45, 2.75) is 13.8 Å². The lowest BCUT2D eigenvalue weighted by Gasteiger charge is -1.81. The van der Waals surface area contributed by atoms with Crippen molar-refractivity contribution in [3.8, 4) is 0 Å². The minimum absolute atomic E-state index is 0.815. The van der Waals surface area contributed by atoms with E-state index in [1.807, 2.05) is 19.9 Å². The Bertz CT molecular complexity index is 358. The molecule has 3 heteroatoms. The number of aryl methyl sites for hydroxylation is 2. The predicted octanol–water partition coefficient (Wildman–Crippen LogP) is 1.54. The highest BCUT2D eigenvalue weighted by molar-refractivity contribution is 5.36. The monoisotopic (exact) mass is 136 g/mol. The summed E-state index contributed by atoms with van der Waals surface area (Å²) in [5.41, 5.74) is 2.83. The number of rotatable bonds is 0. The van der Waals surface area contributed by atoms with Gasteiger partial charge in [-0.15, -0.1) is 0 Å². The summed E-state index contributed by atoms with van der Waals surface area (Å²) in [5.74, 6) is 0. The van der Waals surface area contributed by atoms with Crippen molar-refractivity contribution in [2.75, 3.05) is 0 Å². The van der Waals surface area contributed by atoms with Gasteiger partial charge in [-0.2, -0.15) is 5.10 Å². The first-order valence-corrected chi connectivity index (χ1v) is 3.18. The molecule has 0 unspecified atom stereocenters. The maximum Gasteiger partial charge on any atom is 0.221 e. The second-order valence-electron chi connectivity index (χ2n) is 2.41. The van der Waals surface area contributed by atoms with Crippen LogP contribution in [0.5, 0.6) is 0 Å². The summed E-state index contributed by atoms with van der Waals surface area (Å²) in [6.07, 6.45) is 1.70. The molecule has 2 aromatic rings. The Morgan fingerprint density at radius 1 is 1.50 bits per heavy atom. The summed E-state index contributed by atoms with van der Waals surface area (Å²) in [4.78, 5) is 0. The molecule has 10 heavy (non-hydrogen) atoms. The highest BCUT2D eigenvalue weighted by Crippen LogP contribution is 2.09. The number of hydrogen-bond acceptors (Lipinski definition) is 2. The first-order valence-electron chi connectivity index (χ1n) is 3.18. The fourth-order valence-corrected chi connectivity index (χ4v) is 1.01. The Labute approximate surface area is 58.3 Å². The molecular formula is C7H8N2O. The van der Waals surface area contributed by atoms with Crippen molar-refractivity contribution in [3.63, 3.8) is 0 Å². The third kappa shape index (κ3) is 0.572. The van der Waals surface area contributed by atoms with E-state index in [4.69, 9.17) is 4.42 Å². The van der Waals surface area contributed by atoms with Crippen LogP contribution in [0.25, 0.3) is 5.71 Å². The van der Waals surface area contributed by atoms with Gasteiger partial charge in [0.15, 0.2) is 0 Å². The average molecular weight is 136 g/mol. The Morgan fingerprint density at radius 2 is 2.30 bits per heavy atom. The molecule has 0 bridgehead atoms. The molecule has 2 heterocycles. The first-order chi connectivity index (χ1) is 4.77. The summed E-state index contributed by atoms with van der Waals surface area (Å²) in [6, 6.07) is 1.91. The summed E-state index contributed by atoms with van der Waals surface area (Å²) in [5, 5.41) is 4.20. The second-order valence-corrected chi connectivity index (χ2v) is 2.41. The van der Waals surface area contributed by atoms with E-state index in [9.17, 15) is 0 Å². The van der Waals surface area contributed by atoms with Gasteiger partial charge in [-0.05, 0) is 13.8 Å². The van der Waals surface area contributed by atoms with Gasteiger partial charge >= 0.3 is 0 Å². The summed E-state index contributed by atoms with van der Waals surface area (Å²) < 4.78 is 6.96. The molecule has 0 saturated heterocycles. The fraction of sp³-hybridized carbons (Fsp3) is 0.286. The van der Waals surface area contributed by atoms with E-state index >= 15 is 0 Å². The molecule has 2 aromatic heterocycles. The minimum Gasteiger partial charge on any atom is -0.445 e. The molecule has 0 aliphatic heterocycles. The van der Waals surface area contributed by atoms with Crippen molar-refractivity contribution in [1.29, 1.82) is 0 Å². The van der Waals surface area contributed by atoms with Crippen molar-refractivity contribution in [2.24, 2.45) is 0 Å². The van der Waals surface area contributed by atoms with Crippen LogP contribution in [0.3, 0.4) is 0 Å². The summed E-state index contributed by atoms with van der Waals surface area (Å²) in [6.45, 7) is 3.91. The number of hydrogen-bond donors (Lipinski definition) is 0. The van der Waals surface area contributed by atoms with Gasteiger partial charge in [0.2, 0.25) is 5.71 Å². The fourth-order valence-electron chi connectivity index (χ4n) is 1.01. The highest BCUT2D eigenvalue weighted by atomic mass is 16.3. The van der Waals surface area contributed by atoms with E-state index in [-0.39, 0.29) is 0 Å². The molecule has 0 N–H and O–H groups in total. The normalized spacial score (nSPS) is 11.0. The molecule has 0 atom stereocenters. The second kappa shape index (κ2) is 1.62. The zero-order valence-electron chi connectivity index (χ0n) is 5.96. The van der Waals surface area contributed by atoms with Gasteiger partial charge in [-0.1, -0.05) is 0 Å². The van der Waals surface area contributed by atoms with Gasteiger partial charge in [-0.3, -0.25) is 0 Å². The first kappa shape index (κ1) is 5.53. The van der Waals surface area contributed by atoms with Crippen LogP contribution in [0.4, 0.5) is 0 Å². The van der Waals surface area contributed by atoms with Crippen LogP contribution in [0.2, 0.25) is 0 Å². The molecule has 0 aromatic carbocycles. The number of aromatic nitrogens is 2. The minimum atomic E-state index is 0.815. The third-order valence-electron chi connectivity index (χ3n) is 1.48. The van der Waals surface area contributed by atoms with Crippen molar-refractivity contribution in [1.82, 2.24) is 9.61 Å². The van der Waals surface area contributed by atoms with E-state index in [1.165, 1.54) is 0 Å². The van der Waals surface area contributed by atoms with E-state index in [0.717, 1.165) is 17.1 Å². The quantitative estimate of drug-likeness (QED) is 0.550. The zero-order valence-corrected chi connectivity index (χ0v) is 5.96. The maximum atomic E-state index is 5.17. The lowest BCUT2D eigenvalue weighted by atomic mass is 10.5. The highest BCUT2D eigenvalue weighted by Gasteiger charge is 2.01. The Balaban J connectivity index is 2.90. The molecule has 0 fully saturated rings. The van der Waals surface area contributed by atoms with E-state index in [0.29, 0.717) is 0 Å². The molecule has 0 spiro atoms. The predicted molar refractivity (Wildman–Crippen MR) is 36.9 cm³/mol. The third-order valence-corrected chi connectivity index (χ3v) is 1.48. The van der Waals surface area contributed by atoms with Crippen LogP contribution in [0.15, 0.2) is 16.7 Å². The Morgan fingerprint density at radius 3 is 3.00 bits per heavy atom. The van der Waals surface area contributed by atoms with Gasteiger partial charge in [0.1, 0.15) is 6.26 Å². The molecule has 0 aliphatic rings. The van der Waals surface area contributed by atoms with Gasteiger partial charge in [0.25, 0.3) is 0 Å². The van der Waals surface area contributed by atoms with Gasteiger partial charge in [0.05, 0.1) is 11.4 Å². The molecular weight excluding hydrogens is 128 g/mol. The molecule has 3 nitrogen and oxygen atoms in total. The largest absolute Gasteiger partial charge is 0.445 e. The molecule has 52 valence electrons. The Kier molecular flexibility index (Phi) is 0.897. The van der Waals surface area contributed by atoms with Crippen LogP contribution in [0, 0.1) is 13.8 Å². The van der Waals surface area contributed by atoms with Gasteiger partial charge < -0.3 is 4.42 Å². The topological polar surface area (TPSA) is 30.4 Å². The van der Waals surface area contributed by atoms with Crippen LogP contribution >= 0.6 is 0 Å². The molecule has 0 aliphatic carbocycles. The summed E-state index contributed by atoms with van der Waals surface area (Å²) in [7, 11) is 0. The lowest BCUT2D eigenvalue weighted by molar-refractivity contribution is 0.605. The van der Waals surface area contributed by atoms with Crippen LogP contribution in [0.1, 0.15) is 11.4 Å². The number of fused-ring (bicyclic) bond motifs is 1. The molecule has 0 saturated carbocycles. The van der Waals surface area contributed by atoms with Gasteiger partial charge in [0, 0.05) is 6.07 Å². The van der Waals surface area contributed by atoms with E-state index in [1.54, 1.807) is 10.8 Å². The van der Waals surface area contributed by atoms with Gasteiger partial charge in [-0.25, -0.2) is 4.52 Å². The summed E-state index contributed by atoms with van der Waals surface area (Å²) >= 11 is 0. The lowest BCUT2D eigenvalue weighted by Crippen LogP contribution is -1.85. The number of nitrogens with zero attached hydrogens (tertiary/aromatic N) is 2. The smallest absolute Gasteiger partial charge is 0.221 e. The van der Waals surface area contributed by atoms with Crippen molar-refractivity contribution in [3.05, 3.63) is 23.7 Å².